The molecular weight excluding hydrogens is 154 g/mol. The summed E-state index contributed by atoms with van der Waals surface area (Å²) in [7, 11) is 2.19. The Labute approximate surface area is 72.8 Å². The maximum atomic E-state index is 4.05. The Morgan fingerprint density at radius 1 is 1.45 bits per heavy atom. The fourth-order valence-electron chi connectivity index (χ4n) is 2.10. The van der Waals surface area contributed by atoms with Gasteiger partial charge in [-0.2, -0.15) is 0 Å². The van der Waals surface area contributed by atoms with Crippen LogP contribution in [0, 0.1) is 0 Å². The number of hydrogen-bond donors (Lipinski definition) is 0. The second kappa shape index (κ2) is 2.74. The quantitative estimate of drug-likeness (QED) is 0.548. The van der Waals surface area contributed by atoms with Crippen molar-refractivity contribution in [2.75, 3.05) is 7.05 Å². The van der Waals surface area contributed by atoms with E-state index in [1.165, 1.54) is 30.7 Å². The molecular formula is C9H15NS. The highest BCUT2D eigenvalue weighted by molar-refractivity contribution is 8.03. The van der Waals surface area contributed by atoms with E-state index in [2.05, 4.69) is 18.5 Å². The molecule has 62 valence electrons. The van der Waals surface area contributed by atoms with E-state index in [4.69, 9.17) is 0 Å². The number of fused-ring (bicyclic) bond motifs is 1. The third kappa shape index (κ3) is 1.18. The molecule has 11 heavy (non-hydrogen) atoms. The van der Waals surface area contributed by atoms with Crippen LogP contribution in [0.1, 0.15) is 25.7 Å². The first kappa shape index (κ1) is 7.53. The van der Waals surface area contributed by atoms with Gasteiger partial charge in [-0.1, -0.05) is 19.4 Å². The first-order valence-corrected chi connectivity index (χ1v) is 5.25. The van der Waals surface area contributed by atoms with Crippen LogP contribution in [0.15, 0.2) is 11.6 Å². The second-order valence-electron chi connectivity index (χ2n) is 3.51. The minimum absolute atomic E-state index is 0.807. The van der Waals surface area contributed by atoms with Crippen molar-refractivity contribution < 1.29 is 0 Å². The van der Waals surface area contributed by atoms with Crippen LogP contribution in [0.4, 0.5) is 0 Å². The largest absolute Gasteiger partial charge is 0.366 e. The van der Waals surface area contributed by atoms with Crippen molar-refractivity contribution >= 4 is 11.8 Å². The summed E-state index contributed by atoms with van der Waals surface area (Å²) in [6.45, 7) is 4.05. The van der Waals surface area contributed by atoms with Crippen molar-refractivity contribution in [3.8, 4) is 0 Å². The van der Waals surface area contributed by atoms with Gasteiger partial charge in [0.15, 0.2) is 0 Å². The van der Waals surface area contributed by atoms with Gasteiger partial charge < -0.3 is 4.90 Å². The Hall–Kier alpha value is -0.110. The van der Waals surface area contributed by atoms with Crippen LogP contribution in [0.3, 0.4) is 0 Å². The van der Waals surface area contributed by atoms with Gasteiger partial charge >= 0.3 is 0 Å². The molecule has 2 rings (SSSR count). The smallest absolute Gasteiger partial charge is 0.0637 e. The van der Waals surface area contributed by atoms with Crippen molar-refractivity contribution in [2.24, 2.45) is 0 Å². The van der Waals surface area contributed by atoms with Crippen LogP contribution >= 0.6 is 11.8 Å². The summed E-state index contributed by atoms with van der Waals surface area (Å²) >= 11 is 1.99. The highest BCUT2D eigenvalue weighted by Gasteiger charge is 2.35. The van der Waals surface area contributed by atoms with Crippen LogP contribution in [0.25, 0.3) is 0 Å². The summed E-state index contributed by atoms with van der Waals surface area (Å²) < 4.78 is 0. The molecule has 2 atom stereocenters. The van der Waals surface area contributed by atoms with Gasteiger partial charge in [-0.05, 0) is 12.8 Å². The summed E-state index contributed by atoms with van der Waals surface area (Å²) in [5.41, 5.74) is 0. The fourth-order valence-corrected chi connectivity index (χ4v) is 3.51. The van der Waals surface area contributed by atoms with Crippen LogP contribution in [-0.2, 0) is 0 Å². The van der Waals surface area contributed by atoms with E-state index in [1.807, 2.05) is 11.8 Å². The molecule has 2 aliphatic rings. The molecule has 1 aliphatic heterocycles. The Kier molecular flexibility index (Phi) is 1.88. The van der Waals surface area contributed by atoms with Crippen molar-refractivity contribution in [1.29, 1.82) is 0 Å². The van der Waals surface area contributed by atoms with E-state index in [9.17, 15) is 0 Å². The molecule has 0 radical (unpaired) electrons. The van der Waals surface area contributed by atoms with Crippen LogP contribution in [0.5, 0.6) is 0 Å². The molecule has 1 heterocycles. The van der Waals surface area contributed by atoms with Crippen molar-refractivity contribution in [2.45, 2.75) is 37.0 Å². The first-order chi connectivity index (χ1) is 5.29. The lowest BCUT2D eigenvalue weighted by atomic mass is 9.94. The lowest BCUT2D eigenvalue weighted by Crippen LogP contribution is -2.33. The van der Waals surface area contributed by atoms with E-state index in [0.29, 0.717) is 0 Å². The normalized spacial score (nSPS) is 37.5. The highest BCUT2D eigenvalue weighted by Crippen LogP contribution is 2.43. The standard InChI is InChI=1S/C9H15NS/c1-7-10(2)8-5-3-4-6-9(8)11-7/h8-9H,1,3-6H2,2H3. The van der Waals surface area contributed by atoms with Gasteiger partial charge in [0, 0.05) is 18.3 Å². The Morgan fingerprint density at radius 2 is 2.18 bits per heavy atom. The average molecular weight is 169 g/mol. The van der Waals surface area contributed by atoms with E-state index >= 15 is 0 Å². The number of rotatable bonds is 0. The molecule has 0 aromatic rings. The zero-order valence-electron chi connectivity index (χ0n) is 7.05. The van der Waals surface area contributed by atoms with Gasteiger partial charge in [0.1, 0.15) is 0 Å². The van der Waals surface area contributed by atoms with Crippen molar-refractivity contribution in [1.82, 2.24) is 4.90 Å². The van der Waals surface area contributed by atoms with Gasteiger partial charge in [-0.15, -0.1) is 11.8 Å². The Bertz CT molecular complexity index is 178. The molecule has 2 unspecified atom stereocenters. The average Bonchev–Trinajstić information content (AvgIpc) is 2.30. The first-order valence-electron chi connectivity index (χ1n) is 4.37. The van der Waals surface area contributed by atoms with E-state index in [0.717, 1.165) is 11.3 Å². The van der Waals surface area contributed by atoms with Gasteiger partial charge in [-0.25, -0.2) is 0 Å². The fraction of sp³-hybridized carbons (Fsp3) is 0.778. The zero-order chi connectivity index (χ0) is 7.84. The van der Waals surface area contributed by atoms with Gasteiger partial charge in [-0.3, -0.25) is 0 Å². The Balaban J connectivity index is 2.11. The molecule has 0 N–H and O–H groups in total. The highest BCUT2D eigenvalue weighted by atomic mass is 32.2. The molecule has 0 bridgehead atoms. The van der Waals surface area contributed by atoms with Gasteiger partial charge in [0.05, 0.1) is 5.03 Å². The molecule has 1 aliphatic carbocycles. The van der Waals surface area contributed by atoms with Crippen molar-refractivity contribution in [3.63, 3.8) is 0 Å². The van der Waals surface area contributed by atoms with E-state index in [1.54, 1.807) is 0 Å². The van der Waals surface area contributed by atoms with Crippen LogP contribution in [0.2, 0.25) is 0 Å². The van der Waals surface area contributed by atoms with Gasteiger partial charge in [0.2, 0.25) is 0 Å². The zero-order valence-corrected chi connectivity index (χ0v) is 7.86. The second-order valence-corrected chi connectivity index (χ2v) is 4.83. The lowest BCUT2D eigenvalue weighted by Gasteiger charge is -2.28. The van der Waals surface area contributed by atoms with Gasteiger partial charge in [0.25, 0.3) is 0 Å². The third-order valence-electron chi connectivity index (χ3n) is 2.85. The summed E-state index contributed by atoms with van der Waals surface area (Å²) in [6.07, 6.45) is 5.63. The van der Waals surface area contributed by atoms with E-state index in [-0.39, 0.29) is 0 Å². The molecule has 1 saturated carbocycles. The third-order valence-corrected chi connectivity index (χ3v) is 4.26. The molecule has 0 amide bonds. The SMILES string of the molecule is C=C1SC2CCCCC2N1C. The van der Waals surface area contributed by atoms with Crippen molar-refractivity contribution in [3.05, 3.63) is 11.6 Å². The molecule has 0 aromatic heterocycles. The predicted molar refractivity (Wildman–Crippen MR) is 50.5 cm³/mol. The molecule has 1 nitrogen and oxygen atoms in total. The number of hydrogen-bond acceptors (Lipinski definition) is 2. The van der Waals surface area contributed by atoms with E-state index < -0.39 is 0 Å². The molecule has 0 aromatic carbocycles. The predicted octanol–water partition coefficient (Wildman–Crippen LogP) is 2.45. The lowest BCUT2D eigenvalue weighted by molar-refractivity contribution is 0.274. The minimum atomic E-state index is 0.807. The maximum Gasteiger partial charge on any atom is 0.0637 e. The topological polar surface area (TPSA) is 3.24 Å². The summed E-state index contributed by atoms with van der Waals surface area (Å²) in [4.78, 5) is 2.37. The monoisotopic (exact) mass is 169 g/mol. The maximum absolute atomic E-state index is 4.05. The summed E-state index contributed by atoms with van der Waals surface area (Å²) in [5.74, 6) is 0. The minimum Gasteiger partial charge on any atom is -0.366 e. The molecule has 2 heteroatoms. The summed E-state index contributed by atoms with van der Waals surface area (Å²) in [5, 5.41) is 2.14. The van der Waals surface area contributed by atoms with Crippen LogP contribution in [-0.4, -0.2) is 23.2 Å². The Morgan fingerprint density at radius 3 is 2.91 bits per heavy atom. The summed E-state index contributed by atoms with van der Waals surface area (Å²) in [6, 6.07) is 0.807. The van der Waals surface area contributed by atoms with Crippen LogP contribution < -0.4 is 0 Å². The molecule has 1 saturated heterocycles. The molecule has 0 spiro atoms. The number of thioether (sulfide) groups is 1. The molecule has 2 fully saturated rings. The number of nitrogens with zero attached hydrogens (tertiary/aromatic N) is 1.